The molecular weight excluding hydrogens is 258 g/mol. The molecule has 1 rings (SSSR count). The zero-order valence-electron chi connectivity index (χ0n) is 12.2. The third kappa shape index (κ3) is 5.25. The molecular formula is C15H23NO2S. The molecule has 0 saturated heterocycles. The number of methoxy groups -OCH3 is 1. The average Bonchev–Trinajstić information content (AvgIpc) is 2.32. The molecule has 3 nitrogen and oxygen atoms in total. The molecule has 19 heavy (non-hydrogen) atoms. The molecule has 0 aliphatic rings. The van der Waals surface area contributed by atoms with Gasteiger partial charge in [0.2, 0.25) is 0 Å². The van der Waals surface area contributed by atoms with E-state index < -0.39 is 5.54 Å². The van der Waals surface area contributed by atoms with Crippen LogP contribution in [-0.2, 0) is 15.3 Å². The summed E-state index contributed by atoms with van der Waals surface area (Å²) in [5, 5.41) is 0. The Labute approximate surface area is 119 Å². The first-order valence-corrected chi connectivity index (χ1v) is 7.53. The lowest BCUT2D eigenvalue weighted by Gasteiger charge is -2.20. The summed E-state index contributed by atoms with van der Waals surface area (Å²) in [7, 11) is 1.37. The predicted molar refractivity (Wildman–Crippen MR) is 81.3 cm³/mol. The van der Waals surface area contributed by atoms with Crippen molar-refractivity contribution in [1.82, 2.24) is 0 Å². The van der Waals surface area contributed by atoms with Crippen LogP contribution in [0.4, 0.5) is 0 Å². The highest BCUT2D eigenvalue weighted by Crippen LogP contribution is 2.19. The molecule has 0 heterocycles. The molecule has 0 bridgehead atoms. The van der Waals surface area contributed by atoms with Crippen LogP contribution >= 0.6 is 11.8 Å². The van der Waals surface area contributed by atoms with Crippen LogP contribution in [0.25, 0.3) is 0 Å². The lowest BCUT2D eigenvalue weighted by atomic mass is 10.0. The average molecular weight is 281 g/mol. The van der Waals surface area contributed by atoms with Gasteiger partial charge in [0.1, 0.15) is 5.54 Å². The number of hydrogen-bond acceptors (Lipinski definition) is 4. The number of ether oxygens (including phenoxy) is 1. The van der Waals surface area contributed by atoms with Gasteiger partial charge in [-0.25, -0.2) is 0 Å². The predicted octanol–water partition coefficient (Wildman–Crippen LogP) is 2.82. The van der Waals surface area contributed by atoms with Crippen molar-refractivity contribution in [2.75, 3.05) is 12.9 Å². The van der Waals surface area contributed by atoms with E-state index >= 15 is 0 Å². The standard InChI is InChI=1S/C15H23NO2S/c1-11-7-12(2)9-13(8-11)10-19-6-5-15(3,16)14(17)18-4/h7-9H,5-6,10,16H2,1-4H3. The van der Waals surface area contributed by atoms with Crippen molar-refractivity contribution in [3.8, 4) is 0 Å². The van der Waals surface area contributed by atoms with Gasteiger partial charge in [0.05, 0.1) is 7.11 Å². The highest BCUT2D eigenvalue weighted by atomic mass is 32.2. The summed E-state index contributed by atoms with van der Waals surface area (Å²) in [5.41, 5.74) is 8.92. The van der Waals surface area contributed by atoms with Gasteiger partial charge < -0.3 is 10.5 Å². The molecule has 0 fully saturated rings. The minimum absolute atomic E-state index is 0.348. The number of nitrogens with two attached hydrogens (primary N) is 1. The highest BCUT2D eigenvalue weighted by molar-refractivity contribution is 7.98. The number of benzene rings is 1. The monoisotopic (exact) mass is 281 g/mol. The van der Waals surface area contributed by atoms with Crippen LogP contribution in [-0.4, -0.2) is 24.4 Å². The molecule has 1 aromatic rings. The second-order valence-electron chi connectivity index (χ2n) is 5.21. The summed E-state index contributed by atoms with van der Waals surface area (Å²) in [4.78, 5) is 11.4. The SMILES string of the molecule is COC(=O)C(C)(N)CCSCc1cc(C)cc(C)c1. The normalized spacial score (nSPS) is 13.9. The van der Waals surface area contributed by atoms with Gasteiger partial charge in [0.15, 0.2) is 0 Å². The first-order valence-electron chi connectivity index (χ1n) is 6.37. The smallest absolute Gasteiger partial charge is 0.325 e. The molecule has 0 aliphatic heterocycles. The van der Waals surface area contributed by atoms with Crippen molar-refractivity contribution in [3.05, 3.63) is 34.9 Å². The minimum atomic E-state index is -0.885. The Morgan fingerprint density at radius 2 is 1.89 bits per heavy atom. The molecule has 1 atom stereocenters. The van der Waals surface area contributed by atoms with E-state index in [1.54, 1.807) is 18.7 Å². The maximum Gasteiger partial charge on any atom is 0.325 e. The van der Waals surface area contributed by atoms with Crippen molar-refractivity contribution >= 4 is 17.7 Å². The molecule has 4 heteroatoms. The van der Waals surface area contributed by atoms with Crippen LogP contribution in [0.3, 0.4) is 0 Å². The van der Waals surface area contributed by atoms with Crippen LogP contribution in [0, 0.1) is 13.8 Å². The second-order valence-corrected chi connectivity index (χ2v) is 6.31. The Morgan fingerprint density at radius 3 is 2.42 bits per heavy atom. The minimum Gasteiger partial charge on any atom is -0.468 e. The van der Waals surface area contributed by atoms with E-state index in [1.165, 1.54) is 23.8 Å². The molecule has 1 aromatic carbocycles. The molecule has 0 spiro atoms. The first kappa shape index (κ1) is 16.1. The molecule has 0 aromatic heterocycles. The molecule has 106 valence electrons. The highest BCUT2D eigenvalue weighted by Gasteiger charge is 2.28. The Hall–Kier alpha value is -1.00. The van der Waals surface area contributed by atoms with E-state index in [0.29, 0.717) is 6.42 Å². The van der Waals surface area contributed by atoms with Crippen LogP contribution in [0.2, 0.25) is 0 Å². The number of thioether (sulfide) groups is 1. The lowest BCUT2D eigenvalue weighted by molar-refractivity contribution is -0.146. The Morgan fingerprint density at radius 1 is 1.32 bits per heavy atom. The van der Waals surface area contributed by atoms with E-state index in [4.69, 9.17) is 5.73 Å². The van der Waals surface area contributed by atoms with Crippen molar-refractivity contribution in [3.63, 3.8) is 0 Å². The van der Waals surface area contributed by atoms with Gasteiger partial charge in [-0.1, -0.05) is 29.3 Å². The fourth-order valence-electron chi connectivity index (χ4n) is 1.96. The summed E-state index contributed by atoms with van der Waals surface area (Å²) in [5.74, 6) is 1.44. The fraction of sp³-hybridized carbons (Fsp3) is 0.533. The third-order valence-electron chi connectivity index (χ3n) is 2.97. The molecule has 0 amide bonds. The van der Waals surface area contributed by atoms with E-state index in [1.807, 2.05) is 0 Å². The van der Waals surface area contributed by atoms with Crippen LogP contribution in [0.1, 0.15) is 30.0 Å². The molecule has 1 unspecified atom stereocenters. The van der Waals surface area contributed by atoms with Crippen molar-refractivity contribution in [2.45, 2.75) is 38.5 Å². The van der Waals surface area contributed by atoms with Gasteiger partial charge in [0.25, 0.3) is 0 Å². The van der Waals surface area contributed by atoms with Crippen molar-refractivity contribution in [1.29, 1.82) is 0 Å². The lowest BCUT2D eigenvalue weighted by Crippen LogP contribution is -2.46. The Bertz CT molecular complexity index is 424. The quantitative estimate of drug-likeness (QED) is 0.643. The van der Waals surface area contributed by atoms with Crippen LogP contribution in [0.5, 0.6) is 0 Å². The van der Waals surface area contributed by atoms with Gasteiger partial charge in [-0.3, -0.25) is 4.79 Å². The van der Waals surface area contributed by atoms with Crippen molar-refractivity contribution < 1.29 is 9.53 Å². The third-order valence-corrected chi connectivity index (χ3v) is 4.00. The second kappa shape index (κ2) is 6.96. The zero-order chi connectivity index (χ0) is 14.5. The number of aryl methyl sites for hydroxylation is 2. The summed E-state index contributed by atoms with van der Waals surface area (Å²) >= 11 is 1.79. The van der Waals surface area contributed by atoms with E-state index in [9.17, 15) is 4.79 Å². The van der Waals surface area contributed by atoms with E-state index in [-0.39, 0.29) is 5.97 Å². The maximum absolute atomic E-state index is 11.4. The first-order chi connectivity index (χ1) is 8.85. The van der Waals surface area contributed by atoms with Crippen LogP contribution < -0.4 is 5.73 Å². The van der Waals surface area contributed by atoms with Gasteiger partial charge in [-0.05, 0) is 38.5 Å². The Balaban J connectivity index is 2.41. The topological polar surface area (TPSA) is 52.3 Å². The van der Waals surface area contributed by atoms with Crippen LogP contribution in [0.15, 0.2) is 18.2 Å². The van der Waals surface area contributed by atoms with E-state index in [0.717, 1.165) is 11.5 Å². The summed E-state index contributed by atoms with van der Waals surface area (Å²) in [6.45, 7) is 5.93. The number of carbonyl (C=O) groups excluding carboxylic acids is 1. The molecule has 2 N–H and O–H groups in total. The maximum atomic E-state index is 11.4. The van der Waals surface area contributed by atoms with Gasteiger partial charge in [0, 0.05) is 5.75 Å². The fourth-order valence-corrected chi connectivity index (χ4v) is 3.08. The Kier molecular flexibility index (Phi) is 5.88. The summed E-state index contributed by atoms with van der Waals surface area (Å²) in [6.07, 6.45) is 0.620. The number of esters is 1. The van der Waals surface area contributed by atoms with Gasteiger partial charge in [-0.2, -0.15) is 11.8 Å². The summed E-state index contributed by atoms with van der Waals surface area (Å²) < 4.78 is 4.69. The zero-order valence-corrected chi connectivity index (χ0v) is 13.0. The van der Waals surface area contributed by atoms with Crippen molar-refractivity contribution in [2.24, 2.45) is 5.73 Å². The molecule has 0 saturated carbocycles. The summed E-state index contributed by atoms with van der Waals surface area (Å²) in [6, 6.07) is 6.56. The largest absolute Gasteiger partial charge is 0.468 e. The van der Waals surface area contributed by atoms with Gasteiger partial charge in [-0.15, -0.1) is 0 Å². The molecule has 0 radical (unpaired) electrons. The number of carbonyl (C=O) groups is 1. The molecule has 0 aliphatic carbocycles. The number of hydrogen-bond donors (Lipinski definition) is 1. The van der Waals surface area contributed by atoms with E-state index in [2.05, 4.69) is 36.8 Å². The number of rotatable bonds is 6. The van der Waals surface area contributed by atoms with Gasteiger partial charge >= 0.3 is 5.97 Å².